The van der Waals surface area contributed by atoms with E-state index in [2.05, 4.69) is 4.98 Å². The second-order valence-electron chi connectivity index (χ2n) is 6.95. The molecule has 5 rings (SSSR count). The number of benzene rings is 1. The van der Waals surface area contributed by atoms with Crippen LogP contribution in [0.1, 0.15) is 27.9 Å². The van der Waals surface area contributed by atoms with Gasteiger partial charge in [-0.05, 0) is 42.0 Å². The van der Waals surface area contributed by atoms with Gasteiger partial charge in [0.1, 0.15) is 17.4 Å². The molecule has 0 saturated heterocycles. The molecule has 0 aliphatic carbocycles. The molecule has 3 aromatic heterocycles. The maximum atomic E-state index is 13.3. The maximum absolute atomic E-state index is 13.3. The average Bonchev–Trinajstić information content (AvgIpc) is 3.49. The number of aliphatic hydroxyl groups is 1. The molecule has 1 amide bonds. The first-order chi connectivity index (χ1) is 14.6. The summed E-state index contributed by atoms with van der Waals surface area (Å²) >= 11 is 0. The molecule has 7 nitrogen and oxygen atoms in total. The molecule has 0 radical (unpaired) electrons. The Morgan fingerprint density at radius 3 is 2.63 bits per heavy atom. The lowest BCUT2D eigenvalue weighted by molar-refractivity contribution is -0.130. The Bertz CT molecular complexity index is 1240. The van der Waals surface area contributed by atoms with Gasteiger partial charge in [0.25, 0.3) is 5.91 Å². The van der Waals surface area contributed by atoms with E-state index in [0.717, 1.165) is 10.9 Å². The zero-order valence-electron chi connectivity index (χ0n) is 15.7. The number of para-hydroxylation sites is 1. The van der Waals surface area contributed by atoms with Crippen LogP contribution in [0.5, 0.6) is 0 Å². The van der Waals surface area contributed by atoms with Gasteiger partial charge in [-0.15, -0.1) is 0 Å². The zero-order chi connectivity index (χ0) is 20.7. The summed E-state index contributed by atoms with van der Waals surface area (Å²) in [7, 11) is 0. The van der Waals surface area contributed by atoms with Crippen molar-refractivity contribution in [3.63, 3.8) is 0 Å². The molecule has 1 N–H and O–H groups in total. The number of carbonyl (C=O) groups is 2. The maximum Gasteiger partial charge on any atom is 0.290 e. The fourth-order valence-corrected chi connectivity index (χ4v) is 3.70. The monoisotopic (exact) mass is 400 g/mol. The first kappa shape index (κ1) is 17.9. The van der Waals surface area contributed by atoms with Gasteiger partial charge in [0.05, 0.1) is 11.8 Å². The minimum Gasteiger partial charge on any atom is -0.503 e. The summed E-state index contributed by atoms with van der Waals surface area (Å²) in [6.07, 6.45) is 4.69. The van der Waals surface area contributed by atoms with Crippen LogP contribution in [0.4, 0.5) is 0 Å². The molecule has 1 aliphatic heterocycles. The van der Waals surface area contributed by atoms with Crippen molar-refractivity contribution in [1.82, 2.24) is 9.88 Å². The van der Waals surface area contributed by atoms with Gasteiger partial charge in [-0.1, -0.05) is 18.2 Å². The van der Waals surface area contributed by atoms with E-state index in [1.165, 1.54) is 11.2 Å². The number of rotatable bonds is 5. The molecule has 30 heavy (non-hydrogen) atoms. The lowest BCUT2D eigenvalue weighted by Crippen LogP contribution is -2.30. The average molecular weight is 400 g/mol. The molecule has 1 aromatic carbocycles. The highest BCUT2D eigenvalue weighted by Crippen LogP contribution is 2.40. The van der Waals surface area contributed by atoms with Crippen LogP contribution in [0.3, 0.4) is 0 Å². The van der Waals surface area contributed by atoms with Gasteiger partial charge in [0.15, 0.2) is 11.5 Å². The largest absolute Gasteiger partial charge is 0.503 e. The van der Waals surface area contributed by atoms with Crippen molar-refractivity contribution in [2.45, 2.75) is 12.6 Å². The quantitative estimate of drug-likeness (QED) is 0.504. The lowest BCUT2D eigenvalue weighted by atomic mass is 9.99. The molecule has 148 valence electrons. The Balaban J connectivity index is 1.58. The van der Waals surface area contributed by atoms with Gasteiger partial charge in [0, 0.05) is 24.3 Å². The number of hydrogen-bond acceptors (Lipinski definition) is 6. The van der Waals surface area contributed by atoms with Crippen molar-refractivity contribution in [1.29, 1.82) is 0 Å². The second kappa shape index (κ2) is 7.04. The Kier molecular flexibility index (Phi) is 4.21. The van der Waals surface area contributed by atoms with Crippen LogP contribution in [0.25, 0.3) is 11.0 Å². The van der Waals surface area contributed by atoms with E-state index < -0.39 is 23.5 Å². The number of hydrogen-bond donors (Lipinski definition) is 1. The predicted octanol–water partition coefficient (Wildman–Crippen LogP) is 4.20. The van der Waals surface area contributed by atoms with Gasteiger partial charge < -0.3 is 18.8 Å². The van der Waals surface area contributed by atoms with E-state index in [-0.39, 0.29) is 17.9 Å². The van der Waals surface area contributed by atoms with Crippen LogP contribution in [0.15, 0.2) is 93.4 Å². The highest BCUT2D eigenvalue weighted by atomic mass is 16.3. The Hall–Kier alpha value is -4.13. The number of fused-ring (bicyclic) bond motifs is 1. The van der Waals surface area contributed by atoms with Gasteiger partial charge in [-0.3, -0.25) is 14.6 Å². The molecule has 0 fully saturated rings. The standard InChI is InChI=1S/C23H16N2O5/c26-21(18-12-15-4-1-2-5-16(15)30-18)19-20(17-6-3-11-29-17)25(23(28)22(19)27)13-14-7-9-24-10-8-14/h1-12,20,27H,13H2. The van der Waals surface area contributed by atoms with Crippen molar-refractivity contribution in [2.75, 3.05) is 0 Å². The van der Waals surface area contributed by atoms with Crippen LogP contribution in [0.2, 0.25) is 0 Å². The number of carbonyl (C=O) groups excluding carboxylic acids is 2. The smallest absolute Gasteiger partial charge is 0.290 e. The number of amides is 1. The molecule has 0 bridgehead atoms. The summed E-state index contributed by atoms with van der Waals surface area (Å²) in [6, 6.07) is 14.8. The van der Waals surface area contributed by atoms with Crippen molar-refractivity contribution in [3.05, 3.63) is 102 Å². The highest BCUT2D eigenvalue weighted by Gasteiger charge is 2.45. The Morgan fingerprint density at radius 1 is 1.10 bits per heavy atom. The molecular weight excluding hydrogens is 384 g/mol. The third-order valence-electron chi connectivity index (χ3n) is 5.11. The third kappa shape index (κ3) is 2.88. The van der Waals surface area contributed by atoms with E-state index in [4.69, 9.17) is 8.83 Å². The fraction of sp³-hybridized carbons (Fsp3) is 0.0870. The van der Waals surface area contributed by atoms with Gasteiger partial charge in [-0.25, -0.2) is 0 Å². The van der Waals surface area contributed by atoms with Gasteiger partial charge >= 0.3 is 0 Å². The van der Waals surface area contributed by atoms with E-state index in [1.54, 1.807) is 54.9 Å². The molecular formula is C23H16N2O5. The summed E-state index contributed by atoms with van der Waals surface area (Å²) in [5, 5.41) is 11.4. The summed E-state index contributed by atoms with van der Waals surface area (Å²) < 4.78 is 11.2. The zero-order valence-corrected chi connectivity index (χ0v) is 15.7. The molecule has 1 atom stereocenters. The number of nitrogens with zero attached hydrogens (tertiary/aromatic N) is 2. The summed E-state index contributed by atoms with van der Waals surface area (Å²) in [5.74, 6) is -1.38. The van der Waals surface area contributed by atoms with Crippen LogP contribution in [-0.4, -0.2) is 26.7 Å². The Labute approximate surface area is 170 Å². The number of Topliss-reactive ketones (excluding diaryl/α,β-unsaturated/α-hetero) is 1. The number of pyridine rings is 1. The first-order valence-corrected chi connectivity index (χ1v) is 9.33. The van der Waals surface area contributed by atoms with Crippen molar-refractivity contribution >= 4 is 22.7 Å². The molecule has 1 aliphatic rings. The van der Waals surface area contributed by atoms with Gasteiger partial charge in [-0.2, -0.15) is 0 Å². The summed E-state index contributed by atoms with van der Waals surface area (Å²) in [5.41, 5.74) is 1.29. The van der Waals surface area contributed by atoms with Gasteiger partial charge in [0.2, 0.25) is 5.78 Å². The summed E-state index contributed by atoms with van der Waals surface area (Å²) in [4.78, 5) is 31.6. The highest BCUT2D eigenvalue weighted by molar-refractivity contribution is 6.15. The van der Waals surface area contributed by atoms with E-state index >= 15 is 0 Å². The van der Waals surface area contributed by atoms with Crippen LogP contribution in [0, 0.1) is 0 Å². The second-order valence-corrected chi connectivity index (χ2v) is 6.95. The molecule has 0 spiro atoms. The fourth-order valence-electron chi connectivity index (χ4n) is 3.70. The molecule has 4 heterocycles. The predicted molar refractivity (Wildman–Crippen MR) is 106 cm³/mol. The minimum absolute atomic E-state index is 0.0490. The minimum atomic E-state index is -0.874. The molecule has 7 heteroatoms. The summed E-state index contributed by atoms with van der Waals surface area (Å²) in [6.45, 7) is 0.174. The first-order valence-electron chi connectivity index (χ1n) is 9.33. The normalized spacial score (nSPS) is 16.6. The number of ketones is 1. The van der Waals surface area contributed by atoms with E-state index in [9.17, 15) is 14.7 Å². The number of aromatic nitrogens is 1. The third-order valence-corrected chi connectivity index (χ3v) is 5.11. The van der Waals surface area contributed by atoms with Crippen molar-refractivity contribution in [3.8, 4) is 0 Å². The SMILES string of the molecule is O=C(C1=C(O)C(=O)N(Cc2ccncc2)C1c1ccco1)c1cc2ccccc2o1. The number of aliphatic hydroxyl groups excluding tert-OH is 1. The van der Waals surface area contributed by atoms with E-state index in [0.29, 0.717) is 11.3 Å². The van der Waals surface area contributed by atoms with E-state index in [1.807, 2.05) is 12.1 Å². The molecule has 1 unspecified atom stereocenters. The van der Waals surface area contributed by atoms with Crippen molar-refractivity contribution < 1.29 is 23.5 Å². The Morgan fingerprint density at radius 2 is 1.90 bits per heavy atom. The van der Waals surface area contributed by atoms with Crippen molar-refractivity contribution in [2.24, 2.45) is 0 Å². The van der Waals surface area contributed by atoms with Crippen LogP contribution < -0.4 is 0 Å². The van der Waals surface area contributed by atoms with Crippen LogP contribution >= 0.6 is 0 Å². The van der Waals surface area contributed by atoms with Crippen LogP contribution in [-0.2, 0) is 11.3 Å². The molecule has 0 saturated carbocycles. The topological polar surface area (TPSA) is 96.8 Å². The molecule has 4 aromatic rings. The lowest BCUT2D eigenvalue weighted by Gasteiger charge is -2.24. The number of furan rings is 2.